The predicted octanol–water partition coefficient (Wildman–Crippen LogP) is 1.50. The molecular weight excluding hydrogens is 248 g/mol. The summed E-state index contributed by atoms with van der Waals surface area (Å²) in [5.74, 6) is 1.96. The molecule has 6 heteroatoms. The van der Waals surface area contributed by atoms with Crippen molar-refractivity contribution in [3.63, 3.8) is 0 Å². The van der Waals surface area contributed by atoms with E-state index in [1.165, 1.54) is 12.8 Å². The minimum absolute atomic E-state index is 0.110. The fraction of sp³-hybridized carbons (Fsp3) is 0.667. The Morgan fingerprint density at radius 3 is 2.89 bits per heavy atom. The second-order valence-corrected chi connectivity index (χ2v) is 6.34. The first-order valence-electron chi connectivity index (χ1n) is 6.27. The molecule has 0 spiro atoms. The van der Waals surface area contributed by atoms with Crippen LogP contribution in [0, 0.1) is 0 Å². The summed E-state index contributed by atoms with van der Waals surface area (Å²) in [6.45, 7) is 3.38. The molecule has 5 nitrogen and oxygen atoms in total. The maximum absolute atomic E-state index is 11.7. The van der Waals surface area contributed by atoms with Gasteiger partial charge in [-0.1, -0.05) is 6.92 Å². The quantitative estimate of drug-likeness (QED) is 0.822. The van der Waals surface area contributed by atoms with Crippen LogP contribution in [0.3, 0.4) is 0 Å². The summed E-state index contributed by atoms with van der Waals surface area (Å²) in [5.41, 5.74) is 0. The number of carbonyl (C=O) groups excluding carboxylic acids is 1. The van der Waals surface area contributed by atoms with Gasteiger partial charge in [0.15, 0.2) is 0 Å². The van der Waals surface area contributed by atoms with Gasteiger partial charge in [0.1, 0.15) is 5.82 Å². The van der Waals surface area contributed by atoms with Gasteiger partial charge in [-0.25, -0.2) is 9.78 Å². The van der Waals surface area contributed by atoms with Crippen LogP contribution in [0.25, 0.3) is 0 Å². The van der Waals surface area contributed by atoms with Crippen molar-refractivity contribution in [2.75, 3.05) is 12.3 Å². The lowest BCUT2D eigenvalue weighted by molar-refractivity contribution is 0.240. The first-order valence-corrected chi connectivity index (χ1v) is 7.26. The van der Waals surface area contributed by atoms with Crippen LogP contribution in [0.4, 0.5) is 4.79 Å². The third kappa shape index (κ3) is 3.41. The van der Waals surface area contributed by atoms with Gasteiger partial charge in [-0.3, -0.25) is 0 Å². The smallest absolute Gasteiger partial charge is 0.315 e. The highest BCUT2D eigenvalue weighted by molar-refractivity contribution is 8.00. The van der Waals surface area contributed by atoms with Gasteiger partial charge in [0.2, 0.25) is 0 Å². The van der Waals surface area contributed by atoms with Gasteiger partial charge in [0.05, 0.1) is 6.54 Å². The molecule has 0 saturated heterocycles. The summed E-state index contributed by atoms with van der Waals surface area (Å²) in [6, 6.07) is -0.110. The highest BCUT2D eigenvalue weighted by Crippen LogP contribution is 2.47. The molecule has 1 heterocycles. The average molecular weight is 268 g/mol. The summed E-state index contributed by atoms with van der Waals surface area (Å²) in [7, 11) is 1.92. The number of hydrogen-bond acceptors (Lipinski definition) is 3. The number of hydrogen-bond donors (Lipinski definition) is 2. The maximum atomic E-state index is 11.7. The molecule has 2 rings (SSSR count). The van der Waals surface area contributed by atoms with Crippen LogP contribution in [0.2, 0.25) is 0 Å². The van der Waals surface area contributed by atoms with E-state index in [9.17, 15) is 4.79 Å². The molecule has 2 amide bonds. The Kier molecular flexibility index (Phi) is 4.16. The van der Waals surface area contributed by atoms with Crippen LogP contribution < -0.4 is 10.6 Å². The Hall–Kier alpha value is -1.17. The number of imidazole rings is 1. The number of rotatable bonds is 6. The van der Waals surface area contributed by atoms with Crippen molar-refractivity contribution in [2.24, 2.45) is 7.05 Å². The Bertz CT molecular complexity index is 414. The van der Waals surface area contributed by atoms with Crippen LogP contribution in [0.5, 0.6) is 0 Å². The molecule has 0 bridgehead atoms. The standard InChI is InChI=1S/C12H20N4OS/c1-3-18-12(4-5-12)9-15-11(17)14-8-10-13-6-7-16(10)2/h6-7H,3-5,8-9H2,1-2H3,(H2,14,15,17). The largest absolute Gasteiger partial charge is 0.337 e. The van der Waals surface area contributed by atoms with Crippen molar-refractivity contribution in [3.05, 3.63) is 18.2 Å². The molecule has 1 fully saturated rings. The second-order valence-electron chi connectivity index (χ2n) is 4.61. The highest BCUT2D eigenvalue weighted by atomic mass is 32.2. The summed E-state index contributed by atoms with van der Waals surface area (Å²) < 4.78 is 2.21. The van der Waals surface area contributed by atoms with Gasteiger partial charge >= 0.3 is 6.03 Å². The molecule has 100 valence electrons. The number of carbonyl (C=O) groups is 1. The molecule has 1 aromatic rings. The zero-order valence-corrected chi connectivity index (χ0v) is 11.7. The van der Waals surface area contributed by atoms with Gasteiger partial charge in [-0.15, -0.1) is 0 Å². The normalized spacial score (nSPS) is 16.3. The van der Waals surface area contributed by atoms with E-state index in [1.807, 2.05) is 29.6 Å². The van der Waals surface area contributed by atoms with E-state index in [0.717, 1.165) is 18.1 Å². The zero-order valence-electron chi connectivity index (χ0n) is 10.9. The van der Waals surface area contributed by atoms with Gasteiger partial charge in [-0.2, -0.15) is 11.8 Å². The lowest BCUT2D eigenvalue weighted by Gasteiger charge is -2.15. The van der Waals surface area contributed by atoms with Gasteiger partial charge in [0, 0.05) is 30.7 Å². The van der Waals surface area contributed by atoms with Gasteiger partial charge < -0.3 is 15.2 Å². The number of amides is 2. The Morgan fingerprint density at radius 1 is 1.56 bits per heavy atom. The SMILES string of the molecule is CCSC1(CNC(=O)NCc2nccn2C)CC1. The first kappa shape index (κ1) is 13.3. The van der Waals surface area contributed by atoms with Crippen LogP contribution in [-0.4, -0.2) is 32.6 Å². The van der Waals surface area contributed by atoms with E-state index < -0.39 is 0 Å². The van der Waals surface area contributed by atoms with Crippen molar-refractivity contribution in [1.82, 2.24) is 20.2 Å². The fourth-order valence-electron chi connectivity index (χ4n) is 1.85. The molecular formula is C12H20N4OS. The summed E-state index contributed by atoms with van der Waals surface area (Å²) in [6.07, 6.45) is 6.02. The molecule has 0 unspecified atom stereocenters. The van der Waals surface area contributed by atoms with E-state index in [2.05, 4.69) is 22.5 Å². The van der Waals surface area contributed by atoms with Crippen LogP contribution >= 0.6 is 11.8 Å². The number of aryl methyl sites for hydroxylation is 1. The molecule has 2 N–H and O–H groups in total. The second kappa shape index (κ2) is 5.65. The summed E-state index contributed by atoms with van der Waals surface area (Å²) in [5, 5.41) is 5.77. The molecule has 1 aliphatic carbocycles. The number of urea groups is 1. The molecule has 0 atom stereocenters. The van der Waals surface area contributed by atoms with Crippen LogP contribution in [0.1, 0.15) is 25.6 Å². The molecule has 0 radical (unpaired) electrons. The molecule has 1 aromatic heterocycles. The number of aromatic nitrogens is 2. The average Bonchev–Trinajstić information content (AvgIpc) is 3.00. The molecule has 1 aliphatic rings. The minimum atomic E-state index is -0.110. The lowest BCUT2D eigenvalue weighted by Crippen LogP contribution is -2.39. The highest BCUT2D eigenvalue weighted by Gasteiger charge is 2.42. The van der Waals surface area contributed by atoms with E-state index in [-0.39, 0.29) is 6.03 Å². The van der Waals surface area contributed by atoms with Crippen molar-refractivity contribution in [3.8, 4) is 0 Å². The zero-order chi connectivity index (χ0) is 13.0. The van der Waals surface area contributed by atoms with Crippen molar-refractivity contribution in [1.29, 1.82) is 0 Å². The van der Waals surface area contributed by atoms with Crippen molar-refractivity contribution in [2.45, 2.75) is 31.1 Å². The summed E-state index contributed by atoms with van der Waals surface area (Å²) in [4.78, 5) is 15.8. The van der Waals surface area contributed by atoms with Crippen LogP contribution in [0.15, 0.2) is 12.4 Å². The lowest BCUT2D eigenvalue weighted by atomic mass is 10.4. The van der Waals surface area contributed by atoms with E-state index in [0.29, 0.717) is 11.3 Å². The first-order chi connectivity index (χ1) is 8.65. The van der Waals surface area contributed by atoms with Gasteiger partial charge in [0.25, 0.3) is 0 Å². The van der Waals surface area contributed by atoms with Crippen molar-refractivity contribution >= 4 is 17.8 Å². The van der Waals surface area contributed by atoms with E-state index >= 15 is 0 Å². The fourth-order valence-corrected chi connectivity index (χ4v) is 3.03. The predicted molar refractivity (Wildman–Crippen MR) is 73.5 cm³/mol. The maximum Gasteiger partial charge on any atom is 0.315 e. The van der Waals surface area contributed by atoms with Gasteiger partial charge in [-0.05, 0) is 18.6 Å². The number of nitrogens with zero attached hydrogens (tertiary/aromatic N) is 2. The van der Waals surface area contributed by atoms with Crippen LogP contribution in [-0.2, 0) is 13.6 Å². The molecule has 0 aromatic carbocycles. The molecule has 18 heavy (non-hydrogen) atoms. The topological polar surface area (TPSA) is 59.0 Å². The summed E-state index contributed by atoms with van der Waals surface area (Å²) >= 11 is 1.95. The number of nitrogens with one attached hydrogen (secondary N) is 2. The third-order valence-electron chi connectivity index (χ3n) is 3.16. The van der Waals surface area contributed by atoms with E-state index in [4.69, 9.17) is 0 Å². The Balaban J connectivity index is 1.68. The molecule has 1 saturated carbocycles. The van der Waals surface area contributed by atoms with Crippen molar-refractivity contribution < 1.29 is 4.79 Å². The van der Waals surface area contributed by atoms with E-state index in [1.54, 1.807) is 6.20 Å². The minimum Gasteiger partial charge on any atom is -0.337 e. The Labute approximate surface area is 112 Å². The third-order valence-corrected chi connectivity index (χ3v) is 4.61. The molecule has 0 aliphatic heterocycles. The Morgan fingerprint density at radius 2 is 2.33 bits per heavy atom. The number of thioether (sulfide) groups is 1. The monoisotopic (exact) mass is 268 g/mol.